The Morgan fingerprint density at radius 1 is 1.19 bits per heavy atom. The molecule has 0 atom stereocenters. The molecule has 0 heterocycles. The highest BCUT2D eigenvalue weighted by molar-refractivity contribution is 5.82. The quantitative estimate of drug-likeness (QED) is 0.784. The minimum absolute atomic E-state index is 0.0141. The van der Waals surface area contributed by atoms with Crippen LogP contribution >= 0.6 is 0 Å². The molecule has 0 bridgehead atoms. The molecule has 1 amide bonds. The summed E-state index contributed by atoms with van der Waals surface area (Å²) in [5.41, 5.74) is 2.04. The summed E-state index contributed by atoms with van der Waals surface area (Å²) in [6.45, 7) is 8.44. The van der Waals surface area contributed by atoms with Gasteiger partial charge in [-0.05, 0) is 23.5 Å². The van der Waals surface area contributed by atoms with Gasteiger partial charge in [0.1, 0.15) is 6.54 Å². The molecule has 116 valence electrons. The van der Waals surface area contributed by atoms with Crippen LogP contribution in [0.5, 0.6) is 0 Å². The number of hydrogen-bond donors (Lipinski definition) is 0. The Morgan fingerprint density at radius 3 is 2.33 bits per heavy atom. The normalized spacial score (nSPS) is 11.1. The van der Waals surface area contributed by atoms with E-state index >= 15 is 0 Å². The Morgan fingerprint density at radius 2 is 1.81 bits per heavy atom. The van der Waals surface area contributed by atoms with Gasteiger partial charge in [-0.2, -0.15) is 0 Å². The van der Waals surface area contributed by atoms with E-state index in [0.29, 0.717) is 13.0 Å². The van der Waals surface area contributed by atoms with Crippen LogP contribution in [0.1, 0.15) is 38.3 Å². The van der Waals surface area contributed by atoms with Crippen LogP contribution in [-0.4, -0.2) is 30.4 Å². The lowest BCUT2D eigenvalue weighted by molar-refractivity contribution is -0.148. The van der Waals surface area contributed by atoms with E-state index in [1.165, 1.54) is 7.11 Å². The maximum absolute atomic E-state index is 12.4. The van der Waals surface area contributed by atoms with E-state index in [9.17, 15) is 9.59 Å². The van der Waals surface area contributed by atoms with Crippen molar-refractivity contribution < 1.29 is 14.3 Å². The van der Waals surface area contributed by atoms with Crippen LogP contribution < -0.4 is 0 Å². The molecule has 0 fully saturated rings. The van der Waals surface area contributed by atoms with E-state index in [1.807, 2.05) is 52.0 Å². The van der Waals surface area contributed by atoms with Crippen molar-refractivity contribution in [3.63, 3.8) is 0 Å². The Kier molecular flexibility index (Phi) is 5.94. The Balaban J connectivity index is 2.89. The molecule has 0 aliphatic rings. The summed E-state index contributed by atoms with van der Waals surface area (Å²) in [7, 11) is 1.34. The first-order valence-corrected chi connectivity index (χ1v) is 7.12. The number of benzene rings is 1. The third kappa shape index (κ3) is 5.98. The molecule has 1 aromatic rings. The summed E-state index contributed by atoms with van der Waals surface area (Å²) in [5.74, 6) is -0.429. The number of carbonyl (C=O) groups excluding carboxylic acids is 2. The van der Waals surface area contributed by atoms with Crippen LogP contribution in [0.25, 0.3) is 0 Å². The number of amides is 1. The van der Waals surface area contributed by atoms with E-state index in [0.717, 1.165) is 11.1 Å². The Bertz CT molecular complexity index is 503. The van der Waals surface area contributed by atoms with Crippen LogP contribution in [0.3, 0.4) is 0 Å². The molecule has 0 saturated heterocycles. The van der Waals surface area contributed by atoms with Crippen molar-refractivity contribution in [1.29, 1.82) is 0 Å². The summed E-state index contributed by atoms with van der Waals surface area (Å²) in [4.78, 5) is 25.6. The number of carbonyl (C=O) groups is 2. The number of hydrogen-bond acceptors (Lipinski definition) is 3. The fourth-order valence-electron chi connectivity index (χ4n) is 2.01. The topological polar surface area (TPSA) is 46.6 Å². The second kappa shape index (κ2) is 7.25. The Hall–Kier alpha value is -1.84. The lowest BCUT2D eigenvalue weighted by Crippen LogP contribution is -2.37. The van der Waals surface area contributed by atoms with Crippen molar-refractivity contribution in [3.8, 4) is 0 Å². The van der Waals surface area contributed by atoms with Crippen molar-refractivity contribution in [1.82, 2.24) is 4.90 Å². The highest BCUT2D eigenvalue weighted by atomic mass is 16.5. The molecule has 1 aromatic carbocycles. The zero-order chi connectivity index (χ0) is 16.0. The van der Waals surface area contributed by atoms with Gasteiger partial charge in [-0.25, -0.2) is 0 Å². The largest absolute Gasteiger partial charge is 0.468 e. The monoisotopic (exact) mass is 291 g/mol. The SMILES string of the molecule is COC(=O)CN(Cc1ccccc1C)C(=O)CC(C)(C)C. The molecule has 4 heteroatoms. The van der Waals surface area contributed by atoms with Gasteiger partial charge >= 0.3 is 5.97 Å². The fourth-order valence-corrected chi connectivity index (χ4v) is 2.01. The minimum Gasteiger partial charge on any atom is -0.468 e. The molecule has 0 aliphatic heterocycles. The molecule has 1 rings (SSSR count). The van der Waals surface area contributed by atoms with E-state index in [-0.39, 0.29) is 17.9 Å². The molecule has 4 nitrogen and oxygen atoms in total. The lowest BCUT2D eigenvalue weighted by atomic mass is 9.91. The smallest absolute Gasteiger partial charge is 0.325 e. The summed E-state index contributed by atoms with van der Waals surface area (Å²) in [5, 5.41) is 0. The zero-order valence-electron chi connectivity index (χ0n) is 13.6. The first kappa shape index (κ1) is 17.2. The van der Waals surface area contributed by atoms with Crippen molar-refractivity contribution in [2.24, 2.45) is 5.41 Å². The van der Waals surface area contributed by atoms with Crippen LogP contribution in [0.15, 0.2) is 24.3 Å². The number of rotatable bonds is 5. The molecule has 0 unspecified atom stereocenters. The highest BCUT2D eigenvalue weighted by Crippen LogP contribution is 2.21. The van der Waals surface area contributed by atoms with E-state index in [1.54, 1.807) is 4.90 Å². The van der Waals surface area contributed by atoms with Gasteiger partial charge in [0.2, 0.25) is 5.91 Å². The molecule has 0 N–H and O–H groups in total. The van der Waals surface area contributed by atoms with Gasteiger partial charge in [-0.15, -0.1) is 0 Å². The average molecular weight is 291 g/mol. The summed E-state index contributed by atoms with van der Waals surface area (Å²) in [6.07, 6.45) is 0.399. The molecule has 0 aliphatic carbocycles. The number of esters is 1. The molecular weight excluding hydrogens is 266 g/mol. The molecule has 0 aromatic heterocycles. The van der Waals surface area contributed by atoms with Gasteiger partial charge in [-0.3, -0.25) is 9.59 Å². The van der Waals surface area contributed by atoms with Gasteiger partial charge in [-0.1, -0.05) is 45.0 Å². The highest BCUT2D eigenvalue weighted by Gasteiger charge is 2.23. The molecule has 21 heavy (non-hydrogen) atoms. The first-order valence-electron chi connectivity index (χ1n) is 7.12. The number of methoxy groups -OCH3 is 1. The third-order valence-corrected chi connectivity index (χ3v) is 3.20. The number of ether oxygens (including phenoxy) is 1. The van der Waals surface area contributed by atoms with Crippen molar-refractivity contribution in [3.05, 3.63) is 35.4 Å². The van der Waals surface area contributed by atoms with Gasteiger partial charge in [0.15, 0.2) is 0 Å². The second-order valence-electron chi connectivity index (χ2n) is 6.49. The van der Waals surface area contributed by atoms with E-state index < -0.39 is 5.97 Å². The first-order chi connectivity index (χ1) is 9.73. The van der Waals surface area contributed by atoms with Gasteiger partial charge < -0.3 is 9.64 Å². The second-order valence-corrected chi connectivity index (χ2v) is 6.49. The maximum atomic E-state index is 12.4. The summed E-state index contributed by atoms with van der Waals surface area (Å²) >= 11 is 0. The van der Waals surface area contributed by atoms with Crippen molar-refractivity contribution in [2.45, 2.75) is 40.7 Å². The molecule has 0 spiro atoms. The van der Waals surface area contributed by atoms with Gasteiger partial charge in [0, 0.05) is 13.0 Å². The number of aryl methyl sites for hydroxylation is 1. The molecule has 0 saturated carbocycles. The Labute approximate surface area is 127 Å². The van der Waals surface area contributed by atoms with Crippen LogP contribution in [0, 0.1) is 12.3 Å². The third-order valence-electron chi connectivity index (χ3n) is 3.20. The minimum atomic E-state index is -0.397. The van der Waals surface area contributed by atoms with Crippen LogP contribution in [-0.2, 0) is 20.9 Å². The lowest BCUT2D eigenvalue weighted by Gasteiger charge is -2.26. The standard InChI is InChI=1S/C17H25NO3/c1-13-8-6-7-9-14(13)11-18(12-16(20)21-5)15(19)10-17(2,3)4/h6-9H,10-12H2,1-5H3. The fraction of sp³-hybridized carbons (Fsp3) is 0.529. The van der Waals surface area contributed by atoms with E-state index in [2.05, 4.69) is 0 Å². The number of nitrogens with zero attached hydrogens (tertiary/aromatic N) is 1. The average Bonchev–Trinajstić information content (AvgIpc) is 2.38. The molecule has 0 radical (unpaired) electrons. The van der Waals surface area contributed by atoms with Gasteiger partial charge in [0.25, 0.3) is 0 Å². The van der Waals surface area contributed by atoms with Gasteiger partial charge in [0.05, 0.1) is 7.11 Å². The van der Waals surface area contributed by atoms with E-state index in [4.69, 9.17) is 4.74 Å². The molecular formula is C17H25NO3. The maximum Gasteiger partial charge on any atom is 0.325 e. The zero-order valence-corrected chi connectivity index (χ0v) is 13.6. The summed E-state index contributed by atoms with van der Waals surface area (Å²) < 4.78 is 4.70. The van der Waals surface area contributed by atoms with Crippen molar-refractivity contribution in [2.75, 3.05) is 13.7 Å². The van der Waals surface area contributed by atoms with Crippen LogP contribution in [0.2, 0.25) is 0 Å². The summed E-state index contributed by atoms with van der Waals surface area (Å²) in [6, 6.07) is 7.87. The van der Waals surface area contributed by atoms with Crippen molar-refractivity contribution >= 4 is 11.9 Å². The predicted molar refractivity (Wildman–Crippen MR) is 82.7 cm³/mol. The predicted octanol–water partition coefficient (Wildman–Crippen LogP) is 2.93. The van der Waals surface area contributed by atoms with Crippen LogP contribution in [0.4, 0.5) is 0 Å².